The van der Waals surface area contributed by atoms with Crippen LogP contribution < -0.4 is 20.0 Å². The summed E-state index contributed by atoms with van der Waals surface area (Å²) in [5.74, 6) is 1.79. The lowest BCUT2D eigenvalue weighted by atomic mass is 9.98. The van der Waals surface area contributed by atoms with Crippen molar-refractivity contribution in [2.24, 2.45) is 5.92 Å². The van der Waals surface area contributed by atoms with Gasteiger partial charge in [0.25, 0.3) is 0 Å². The van der Waals surface area contributed by atoms with Crippen LogP contribution in [0, 0.1) is 19.8 Å². The lowest BCUT2D eigenvalue weighted by molar-refractivity contribution is 0.308. The molecule has 2 aromatic rings. The van der Waals surface area contributed by atoms with Crippen LogP contribution in [0.15, 0.2) is 36.4 Å². The van der Waals surface area contributed by atoms with Crippen molar-refractivity contribution in [3.05, 3.63) is 47.5 Å². The second kappa shape index (κ2) is 9.17. The minimum absolute atomic E-state index is 0.821. The van der Waals surface area contributed by atoms with Crippen molar-refractivity contribution in [3.8, 4) is 5.75 Å². The summed E-state index contributed by atoms with van der Waals surface area (Å²) in [4.78, 5) is 4.98. The molecule has 0 aromatic heterocycles. The van der Waals surface area contributed by atoms with E-state index in [0.29, 0.717) is 0 Å². The Labute approximate surface area is 181 Å². The molecule has 2 aliphatic rings. The smallest absolute Gasteiger partial charge is 0.142 e. The fourth-order valence-corrected chi connectivity index (χ4v) is 4.58. The molecule has 2 aromatic carbocycles. The first-order valence-corrected chi connectivity index (χ1v) is 11.3. The summed E-state index contributed by atoms with van der Waals surface area (Å²) >= 11 is 0. The van der Waals surface area contributed by atoms with E-state index in [1.165, 1.54) is 35.3 Å². The Bertz CT molecular complexity index is 852. The lowest BCUT2D eigenvalue weighted by Crippen LogP contribution is -2.48. The van der Waals surface area contributed by atoms with E-state index >= 15 is 0 Å². The van der Waals surface area contributed by atoms with Gasteiger partial charge in [-0.1, -0.05) is 19.1 Å². The number of aryl methyl sites for hydroxylation is 1. The highest BCUT2D eigenvalue weighted by atomic mass is 16.5. The molecule has 2 fully saturated rings. The molecule has 0 bridgehead atoms. The highest BCUT2D eigenvalue weighted by Crippen LogP contribution is 2.34. The van der Waals surface area contributed by atoms with Gasteiger partial charge in [0.1, 0.15) is 5.75 Å². The number of benzene rings is 2. The third kappa shape index (κ3) is 4.51. The Morgan fingerprint density at radius 2 is 1.57 bits per heavy atom. The zero-order chi connectivity index (χ0) is 21.1. The molecule has 0 unspecified atom stereocenters. The highest BCUT2D eigenvalue weighted by Gasteiger charge is 2.21. The number of hydrogen-bond donors (Lipinski definition) is 1. The summed E-state index contributed by atoms with van der Waals surface area (Å²) in [6.07, 6.45) is 2.50. The second-order valence-electron chi connectivity index (χ2n) is 8.86. The third-order valence-electron chi connectivity index (χ3n) is 6.79. The fraction of sp³-hybridized carbons (Fsp3) is 0.520. The normalized spacial score (nSPS) is 18.5. The number of rotatable bonds is 5. The number of piperazine rings is 1. The zero-order valence-corrected chi connectivity index (χ0v) is 18.9. The predicted molar refractivity (Wildman–Crippen MR) is 127 cm³/mol. The van der Waals surface area contributed by atoms with Gasteiger partial charge in [-0.3, -0.25) is 0 Å². The topological polar surface area (TPSA) is 31.0 Å². The molecule has 0 saturated carbocycles. The van der Waals surface area contributed by atoms with Crippen LogP contribution in [0.5, 0.6) is 5.75 Å². The number of ether oxygens (including phenoxy) is 1. The number of hydrazine groups is 1. The SMILES string of the molecule is COc1ccc(NN2CCN(c3cccc(C)c3C)CC2)cc1N1CCC(C)CC1. The predicted octanol–water partition coefficient (Wildman–Crippen LogP) is 4.70. The molecule has 30 heavy (non-hydrogen) atoms. The molecule has 5 nitrogen and oxygen atoms in total. The van der Waals surface area contributed by atoms with Crippen LogP contribution in [0.25, 0.3) is 0 Å². The first kappa shape index (κ1) is 20.9. The minimum Gasteiger partial charge on any atom is -0.495 e. The number of anilines is 3. The Balaban J connectivity index is 1.40. The van der Waals surface area contributed by atoms with Gasteiger partial charge in [0.15, 0.2) is 0 Å². The molecular weight excluding hydrogens is 372 g/mol. The molecule has 0 atom stereocenters. The van der Waals surface area contributed by atoms with E-state index in [1.54, 1.807) is 7.11 Å². The molecule has 2 aliphatic heterocycles. The average molecular weight is 409 g/mol. The molecule has 4 rings (SSSR count). The standard InChI is InChI=1S/C25H36N4O/c1-19-10-12-27(13-11-19)24-18-22(8-9-25(24)30-4)26-29-16-14-28(15-17-29)23-7-5-6-20(2)21(23)3/h5-9,18-19,26H,10-17H2,1-4H3. The Kier molecular flexibility index (Phi) is 6.38. The number of methoxy groups -OCH3 is 1. The van der Waals surface area contributed by atoms with E-state index < -0.39 is 0 Å². The molecule has 0 amide bonds. The van der Waals surface area contributed by atoms with Crippen molar-refractivity contribution in [3.63, 3.8) is 0 Å². The highest BCUT2D eigenvalue weighted by molar-refractivity contribution is 5.66. The maximum absolute atomic E-state index is 5.66. The van der Waals surface area contributed by atoms with E-state index in [-0.39, 0.29) is 0 Å². The molecule has 1 N–H and O–H groups in total. The summed E-state index contributed by atoms with van der Waals surface area (Å²) < 4.78 is 5.66. The third-order valence-corrected chi connectivity index (χ3v) is 6.79. The van der Waals surface area contributed by atoms with Crippen molar-refractivity contribution >= 4 is 17.1 Å². The van der Waals surface area contributed by atoms with Crippen LogP contribution >= 0.6 is 0 Å². The number of hydrogen-bond acceptors (Lipinski definition) is 5. The number of nitrogens with zero attached hydrogens (tertiary/aromatic N) is 3. The Morgan fingerprint density at radius 1 is 0.867 bits per heavy atom. The molecule has 0 radical (unpaired) electrons. The first-order valence-electron chi connectivity index (χ1n) is 11.3. The number of nitrogens with one attached hydrogen (secondary N) is 1. The maximum Gasteiger partial charge on any atom is 0.142 e. The van der Waals surface area contributed by atoms with Gasteiger partial charge in [-0.2, -0.15) is 0 Å². The second-order valence-corrected chi connectivity index (χ2v) is 8.86. The molecule has 2 heterocycles. The van der Waals surface area contributed by atoms with Gasteiger partial charge in [0.2, 0.25) is 0 Å². The monoisotopic (exact) mass is 408 g/mol. The molecule has 0 spiro atoms. The van der Waals surface area contributed by atoms with Gasteiger partial charge >= 0.3 is 0 Å². The molecule has 2 saturated heterocycles. The van der Waals surface area contributed by atoms with Crippen molar-refractivity contribution in [1.29, 1.82) is 0 Å². The quantitative estimate of drug-likeness (QED) is 0.775. The lowest BCUT2D eigenvalue weighted by Gasteiger charge is -2.38. The van der Waals surface area contributed by atoms with Crippen molar-refractivity contribution in [1.82, 2.24) is 5.01 Å². The van der Waals surface area contributed by atoms with Gasteiger partial charge in [-0.15, -0.1) is 0 Å². The summed E-state index contributed by atoms with van der Waals surface area (Å²) in [6.45, 7) is 13.0. The molecular formula is C25H36N4O. The van der Waals surface area contributed by atoms with E-state index in [9.17, 15) is 0 Å². The van der Waals surface area contributed by atoms with Crippen molar-refractivity contribution < 1.29 is 4.74 Å². The summed E-state index contributed by atoms with van der Waals surface area (Å²) in [5, 5.41) is 2.34. The van der Waals surface area contributed by atoms with Crippen LogP contribution in [0.1, 0.15) is 30.9 Å². The van der Waals surface area contributed by atoms with Crippen molar-refractivity contribution in [2.45, 2.75) is 33.6 Å². The molecule has 162 valence electrons. The first-order chi connectivity index (χ1) is 14.5. The Morgan fingerprint density at radius 3 is 2.27 bits per heavy atom. The Hall–Kier alpha value is -2.40. The molecule has 0 aliphatic carbocycles. The van der Waals surface area contributed by atoms with Gasteiger partial charge in [-0.25, -0.2) is 5.01 Å². The summed E-state index contributed by atoms with van der Waals surface area (Å²) in [5.41, 5.74) is 10.1. The number of piperidine rings is 1. The average Bonchev–Trinajstić information content (AvgIpc) is 2.77. The van der Waals surface area contributed by atoms with Crippen LogP contribution in [0.3, 0.4) is 0 Å². The van der Waals surface area contributed by atoms with E-state index in [1.807, 2.05) is 0 Å². The van der Waals surface area contributed by atoms with E-state index in [2.05, 4.69) is 77.4 Å². The largest absolute Gasteiger partial charge is 0.495 e. The zero-order valence-electron chi connectivity index (χ0n) is 18.9. The van der Waals surface area contributed by atoms with Gasteiger partial charge in [-0.05, 0) is 68.0 Å². The van der Waals surface area contributed by atoms with E-state index in [4.69, 9.17) is 4.74 Å². The van der Waals surface area contributed by atoms with Gasteiger partial charge in [0.05, 0.1) is 18.5 Å². The van der Waals surface area contributed by atoms with Crippen molar-refractivity contribution in [2.75, 3.05) is 61.6 Å². The van der Waals surface area contributed by atoms with Crippen LogP contribution in [-0.4, -0.2) is 51.4 Å². The van der Waals surface area contributed by atoms with Crippen LogP contribution in [0.4, 0.5) is 17.1 Å². The van der Waals surface area contributed by atoms with Crippen LogP contribution in [-0.2, 0) is 0 Å². The minimum atomic E-state index is 0.821. The van der Waals surface area contributed by atoms with Gasteiger partial charge < -0.3 is 20.0 Å². The summed E-state index contributed by atoms with van der Waals surface area (Å²) in [6, 6.07) is 13.1. The fourth-order valence-electron chi connectivity index (χ4n) is 4.58. The summed E-state index contributed by atoms with van der Waals surface area (Å²) in [7, 11) is 1.77. The van der Waals surface area contributed by atoms with Gasteiger partial charge in [0, 0.05) is 45.0 Å². The van der Waals surface area contributed by atoms with Crippen LogP contribution in [0.2, 0.25) is 0 Å². The van der Waals surface area contributed by atoms with E-state index in [0.717, 1.165) is 56.6 Å². The maximum atomic E-state index is 5.66. The molecule has 5 heteroatoms.